The summed E-state index contributed by atoms with van der Waals surface area (Å²) in [6.45, 7) is 3.45. The lowest BCUT2D eigenvalue weighted by atomic mass is 10.2. The molecule has 4 aromatic rings. The van der Waals surface area contributed by atoms with Gasteiger partial charge in [-0.05, 0) is 43.3 Å². The van der Waals surface area contributed by atoms with Crippen molar-refractivity contribution >= 4 is 11.0 Å². The molecule has 0 unspecified atom stereocenters. The number of aromatic nitrogens is 2. The first-order valence-electron chi connectivity index (χ1n) is 9.32. The SMILES string of the molecule is CCOc1ccccc1OCCn1c(-c2ccccc2F)nc2ccccc21. The minimum atomic E-state index is -0.290. The molecular weight excluding hydrogens is 355 g/mol. The van der Waals surface area contributed by atoms with Gasteiger partial charge in [0.15, 0.2) is 11.5 Å². The van der Waals surface area contributed by atoms with E-state index < -0.39 is 0 Å². The molecular formula is C23H21FN2O2. The molecule has 0 amide bonds. The summed E-state index contributed by atoms with van der Waals surface area (Å²) in [7, 11) is 0. The Morgan fingerprint density at radius 2 is 1.54 bits per heavy atom. The van der Waals surface area contributed by atoms with Crippen LogP contribution in [0.5, 0.6) is 11.5 Å². The molecule has 5 heteroatoms. The van der Waals surface area contributed by atoms with Crippen LogP contribution >= 0.6 is 0 Å². The number of imidazole rings is 1. The fraction of sp³-hybridized carbons (Fsp3) is 0.174. The number of para-hydroxylation sites is 4. The fourth-order valence-electron chi connectivity index (χ4n) is 3.24. The van der Waals surface area contributed by atoms with E-state index >= 15 is 0 Å². The highest BCUT2D eigenvalue weighted by atomic mass is 19.1. The predicted molar refractivity (Wildman–Crippen MR) is 108 cm³/mol. The predicted octanol–water partition coefficient (Wildman–Crippen LogP) is 5.32. The zero-order valence-corrected chi connectivity index (χ0v) is 15.6. The van der Waals surface area contributed by atoms with Crippen molar-refractivity contribution in [2.75, 3.05) is 13.2 Å². The summed E-state index contributed by atoms with van der Waals surface area (Å²) in [6, 6.07) is 22.1. The van der Waals surface area contributed by atoms with Crippen LogP contribution in [0.3, 0.4) is 0 Å². The highest BCUT2D eigenvalue weighted by Gasteiger charge is 2.15. The molecule has 0 aliphatic rings. The van der Waals surface area contributed by atoms with Gasteiger partial charge < -0.3 is 14.0 Å². The van der Waals surface area contributed by atoms with Crippen LogP contribution in [0.25, 0.3) is 22.4 Å². The summed E-state index contributed by atoms with van der Waals surface area (Å²) in [5.41, 5.74) is 2.26. The summed E-state index contributed by atoms with van der Waals surface area (Å²) in [4.78, 5) is 4.66. The number of hydrogen-bond acceptors (Lipinski definition) is 3. The maximum absolute atomic E-state index is 14.4. The summed E-state index contributed by atoms with van der Waals surface area (Å²) in [6.07, 6.45) is 0. The average molecular weight is 376 g/mol. The van der Waals surface area contributed by atoms with Crippen LogP contribution in [0.4, 0.5) is 4.39 Å². The molecule has 0 aliphatic heterocycles. The topological polar surface area (TPSA) is 36.3 Å². The second-order valence-corrected chi connectivity index (χ2v) is 6.28. The molecule has 0 saturated heterocycles. The van der Waals surface area contributed by atoms with E-state index in [1.807, 2.05) is 66.1 Å². The molecule has 0 saturated carbocycles. The van der Waals surface area contributed by atoms with Crippen molar-refractivity contribution in [1.29, 1.82) is 0 Å². The lowest BCUT2D eigenvalue weighted by Gasteiger charge is -2.13. The number of nitrogens with zero attached hydrogens (tertiary/aromatic N) is 2. The minimum absolute atomic E-state index is 0.290. The zero-order valence-electron chi connectivity index (χ0n) is 15.6. The van der Waals surface area contributed by atoms with Crippen LogP contribution in [-0.2, 0) is 6.54 Å². The van der Waals surface area contributed by atoms with Gasteiger partial charge in [-0.3, -0.25) is 0 Å². The molecule has 3 aromatic carbocycles. The second kappa shape index (κ2) is 8.13. The monoisotopic (exact) mass is 376 g/mol. The third-order valence-corrected chi connectivity index (χ3v) is 4.49. The van der Waals surface area contributed by atoms with E-state index in [2.05, 4.69) is 4.98 Å². The van der Waals surface area contributed by atoms with Gasteiger partial charge in [0.05, 0.1) is 29.7 Å². The van der Waals surface area contributed by atoms with Gasteiger partial charge in [0.1, 0.15) is 18.2 Å². The third-order valence-electron chi connectivity index (χ3n) is 4.49. The molecule has 0 radical (unpaired) electrons. The van der Waals surface area contributed by atoms with Gasteiger partial charge in [0, 0.05) is 0 Å². The summed E-state index contributed by atoms with van der Waals surface area (Å²) >= 11 is 0. The number of rotatable bonds is 7. The van der Waals surface area contributed by atoms with Gasteiger partial charge in [-0.2, -0.15) is 0 Å². The van der Waals surface area contributed by atoms with E-state index in [0.717, 1.165) is 16.8 Å². The summed E-state index contributed by atoms with van der Waals surface area (Å²) < 4.78 is 28.0. The normalized spacial score (nSPS) is 10.9. The molecule has 142 valence electrons. The largest absolute Gasteiger partial charge is 0.490 e. The Labute approximate surface area is 163 Å². The zero-order chi connectivity index (χ0) is 19.3. The Morgan fingerprint density at radius 1 is 0.857 bits per heavy atom. The quantitative estimate of drug-likeness (QED) is 0.438. The van der Waals surface area contributed by atoms with Crippen molar-refractivity contribution < 1.29 is 13.9 Å². The maximum atomic E-state index is 14.4. The number of hydrogen-bond donors (Lipinski definition) is 0. The number of benzene rings is 3. The van der Waals surface area contributed by atoms with Crippen LogP contribution in [-0.4, -0.2) is 22.8 Å². The first-order valence-corrected chi connectivity index (χ1v) is 9.32. The number of halogens is 1. The van der Waals surface area contributed by atoms with Gasteiger partial charge >= 0.3 is 0 Å². The summed E-state index contributed by atoms with van der Waals surface area (Å²) in [5.74, 6) is 1.72. The maximum Gasteiger partial charge on any atom is 0.161 e. The molecule has 4 rings (SSSR count). The van der Waals surface area contributed by atoms with Crippen molar-refractivity contribution in [3.63, 3.8) is 0 Å². The Hall–Kier alpha value is -3.34. The van der Waals surface area contributed by atoms with Crippen LogP contribution in [0.1, 0.15) is 6.92 Å². The van der Waals surface area contributed by atoms with E-state index in [0.29, 0.717) is 36.9 Å². The second-order valence-electron chi connectivity index (χ2n) is 6.28. The third kappa shape index (κ3) is 3.56. The molecule has 0 aliphatic carbocycles. The van der Waals surface area contributed by atoms with Gasteiger partial charge in [0.25, 0.3) is 0 Å². The first-order chi connectivity index (χ1) is 13.8. The Kier molecular flexibility index (Phi) is 5.24. The molecule has 0 atom stereocenters. The molecule has 0 bridgehead atoms. The molecule has 0 fully saturated rings. The highest BCUT2D eigenvalue weighted by molar-refractivity contribution is 5.80. The molecule has 4 nitrogen and oxygen atoms in total. The minimum Gasteiger partial charge on any atom is -0.490 e. The van der Waals surface area contributed by atoms with Gasteiger partial charge in [-0.25, -0.2) is 9.37 Å². The lowest BCUT2D eigenvalue weighted by Crippen LogP contribution is -2.10. The van der Waals surface area contributed by atoms with E-state index in [4.69, 9.17) is 9.47 Å². The van der Waals surface area contributed by atoms with Crippen molar-refractivity contribution in [2.24, 2.45) is 0 Å². The van der Waals surface area contributed by atoms with Gasteiger partial charge in [-0.1, -0.05) is 36.4 Å². The van der Waals surface area contributed by atoms with Crippen LogP contribution in [0, 0.1) is 5.82 Å². The Balaban J connectivity index is 1.64. The number of fused-ring (bicyclic) bond motifs is 1. The standard InChI is InChI=1S/C23H21FN2O2/c1-2-27-21-13-7-8-14-22(21)28-16-15-26-20-12-6-5-11-19(20)25-23(26)17-9-3-4-10-18(17)24/h3-14H,2,15-16H2,1H3. The van der Waals surface area contributed by atoms with E-state index in [1.54, 1.807) is 12.1 Å². The van der Waals surface area contributed by atoms with Crippen LogP contribution < -0.4 is 9.47 Å². The van der Waals surface area contributed by atoms with Crippen LogP contribution in [0.2, 0.25) is 0 Å². The lowest BCUT2D eigenvalue weighted by molar-refractivity contribution is 0.268. The van der Waals surface area contributed by atoms with Crippen molar-refractivity contribution in [2.45, 2.75) is 13.5 Å². The molecule has 1 aromatic heterocycles. The Morgan fingerprint density at radius 3 is 2.32 bits per heavy atom. The van der Waals surface area contributed by atoms with E-state index in [1.165, 1.54) is 6.07 Å². The summed E-state index contributed by atoms with van der Waals surface area (Å²) in [5, 5.41) is 0. The molecule has 0 spiro atoms. The number of ether oxygens (including phenoxy) is 2. The first kappa shape index (κ1) is 18.0. The van der Waals surface area contributed by atoms with E-state index in [9.17, 15) is 4.39 Å². The van der Waals surface area contributed by atoms with Gasteiger partial charge in [-0.15, -0.1) is 0 Å². The van der Waals surface area contributed by atoms with Crippen molar-refractivity contribution in [3.8, 4) is 22.9 Å². The fourth-order valence-corrected chi connectivity index (χ4v) is 3.24. The van der Waals surface area contributed by atoms with Crippen LogP contribution in [0.15, 0.2) is 72.8 Å². The van der Waals surface area contributed by atoms with Crippen molar-refractivity contribution in [1.82, 2.24) is 9.55 Å². The molecule has 0 N–H and O–H groups in total. The highest BCUT2D eigenvalue weighted by Crippen LogP contribution is 2.28. The molecule has 1 heterocycles. The van der Waals surface area contributed by atoms with Gasteiger partial charge in [0.2, 0.25) is 0 Å². The smallest absolute Gasteiger partial charge is 0.161 e. The van der Waals surface area contributed by atoms with E-state index in [-0.39, 0.29) is 5.82 Å². The molecule has 28 heavy (non-hydrogen) atoms. The Bertz CT molecular complexity index is 1090. The van der Waals surface area contributed by atoms with Crippen molar-refractivity contribution in [3.05, 3.63) is 78.6 Å². The average Bonchev–Trinajstić information content (AvgIpc) is 3.08.